The monoisotopic (exact) mass is 819 g/mol. The standard InChI is InChI=1S/C61H41NO2/c1-61(2)54-21-7-5-16-49(54)52-20-10-19-47(59(52)61)40-26-32-44(33-27-40)62(43-30-24-38(25-31-43)41-29-34-51-50-17-6-8-22-55(50)63-57(51)37-41)45-14-9-13-42(36-45)46-18-11-23-56-58(46)53-35-28-39-12-3-4-15-48(39)60(53)64-56/h3-37H,1-2H3. The first-order chi connectivity index (χ1) is 31.5. The van der Waals surface area contributed by atoms with Gasteiger partial charge in [0.1, 0.15) is 22.3 Å². The topological polar surface area (TPSA) is 29.5 Å². The van der Waals surface area contributed by atoms with Crippen molar-refractivity contribution in [2.45, 2.75) is 19.3 Å². The van der Waals surface area contributed by atoms with Gasteiger partial charge in [-0.2, -0.15) is 0 Å². The summed E-state index contributed by atoms with van der Waals surface area (Å²) in [5.41, 5.74) is 19.1. The average Bonchev–Trinajstić information content (AvgIpc) is 4.00. The molecule has 12 aromatic rings. The van der Waals surface area contributed by atoms with Gasteiger partial charge in [-0.25, -0.2) is 0 Å². The highest BCUT2D eigenvalue weighted by Gasteiger charge is 2.37. The molecule has 2 aromatic heterocycles. The van der Waals surface area contributed by atoms with Crippen LogP contribution in [0.5, 0.6) is 0 Å². The number of fused-ring (bicyclic) bond motifs is 11. The molecule has 0 radical (unpaired) electrons. The number of hydrogen-bond acceptors (Lipinski definition) is 3. The molecule has 0 atom stereocenters. The molecule has 302 valence electrons. The van der Waals surface area contributed by atoms with Crippen molar-refractivity contribution in [1.29, 1.82) is 0 Å². The molecule has 0 N–H and O–H groups in total. The van der Waals surface area contributed by atoms with Crippen LogP contribution in [0.15, 0.2) is 221 Å². The number of benzene rings is 10. The minimum Gasteiger partial charge on any atom is -0.456 e. The molecule has 0 saturated heterocycles. The highest BCUT2D eigenvalue weighted by atomic mass is 16.3. The fourth-order valence-corrected chi connectivity index (χ4v) is 10.6. The van der Waals surface area contributed by atoms with Crippen LogP contribution in [0.2, 0.25) is 0 Å². The molecule has 0 spiro atoms. The second-order valence-corrected chi connectivity index (χ2v) is 17.6. The van der Waals surface area contributed by atoms with Gasteiger partial charge in [0.05, 0.1) is 0 Å². The van der Waals surface area contributed by atoms with E-state index in [1.165, 1.54) is 38.8 Å². The Bertz CT molecular complexity index is 3810. The maximum Gasteiger partial charge on any atom is 0.143 e. The van der Waals surface area contributed by atoms with Crippen molar-refractivity contribution in [3.63, 3.8) is 0 Å². The molecule has 13 rings (SSSR count). The Morgan fingerprint density at radius 3 is 1.84 bits per heavy atom. The smallest absolute Gasteiger partial charge is 0.143 e. The lowest BCUT2D eigenvalue weighted by molar-refractivity contribution is 0.662. The predicted octanol–water partition coefficient (Wildman–Crippen LogP) is 17.4. The quantitative estimate of drug-likeness (QED) is 0.167. The molecule has 10 aromatic carbocycles. The molecule has 0 amide bonds. The van der Waals surface area contributed by atoms with Crippen LogP contribution in [0.4, 0.5) is 17.1 Å². The summed E-state index contributed by atoms with van der Waals surface area (Å²) in [5, 5.41) is 6.82. The number of furan rings is 2. The van der Waals surface area contributed by atoms with E-state index in [2.05, 4.69) is 219 Å². The van der Waals surface area contributed by atoms with E-state index < -0.39 is 0 Å². The van der Waals surface area contributed by atoms with Gasteiger partial charge in [-0.1, -0.05) is 159 Å². The minimum atomic E-state index is -0.110. The third kappa shape index (κ3) is 5.54. The van der Waals surface area contributed by atoms with Crippen molar-refractivity contribution in [3.8, 4) is 44.5 Å². The lowest BCUT2D eigenvalue weighted by atomic mass is 9.79. The summed E-state index contributed by atoms with van der Waals surface area (Å²) in [4.78, 5) is 2.37. The first-order valence-electron chi connectivity index (χ1n) is 22.1. The second kappa shape index (κ2) is 13.9. The van der Waals surface area contributed by atoms with Gasteiger partial charge < -0.3 is 13.7 Å². The Morgan fingerprint density at radius 2 is 0.984 bits per heavy atom. The third-order valence-electron chi connectivity index (χ3n) is 13.7. The van der Waals surface area contributed by atoms with E-state index in [0.29, 0.717) is 0 Å². The lowest BCUT2D eigenvalue weighted by Gasteiger charge is -2.27. The largest absolute Gasteiger partial charge is 0.456 e. The molecule has 1 aliphatic rings. The molecular weight excluding hydrogens is 779 g/mol. The van der Waals surface area contributed by atoms with Crippen LogP contribution in [-0.4, -0.2) is 0 Å². The highest BCUT2D eigenvalue weighted by molar-refractivity contribution is 6.19. The van der Waals surface area contributed by atoms with Gasteiger partial charge in [0.25, 0.3) is 0 Å². The zero-order valence-corrected chi connectivity index (χ0v) is 35.5. The summed E-state index contributed by atoms with van der Waals surface area (Å²) in [6, 6.07) is 76.6. The Balaban J connectivity index is 0.933. The average molecular weight is 820 g/mol. The van der Waals surface area contributed by atoms with Crippen molar-refractivity contribution in [2.75, 3.05) is 4.90 Å². The van der Waals surface area contributed by atoms with Gasteiger partial charge in [-0.3, -0.25) is 0 Å². The van der Waals surface area contributed by atoms with Crippen LogP contribution in [0.3, 0.4) is 0 Å². The molecule has 2 heterocycles. The van der Waals surface area contributed by atoms with Crippen LogP contribution in [0, 0.1) is 0 Å². The molecule has 3 nitrogen and oxygen atoms in total. The van der Waals surface area contributed by atoms with Crippen molar-refractivity contribution in [2.24, 2.45) is 0 Å². The number of hydrogen-bond donors (Lipinski definition) is 0. The van der Waals surface area contributed by atoms with Gasteiger partial charge in [0, 0.05) is 49.4 Å². The number of nitrogens with zero attached hydrogens (tertiary/aromatic N) is 1. The highest BCUT2D eigenvalue weighted by Crippen LogP contribution is 2.52. The normalized spacial score (nSPS) is 13.0. The molecule has 0 saturated carbocycles. The Morgan fingerprint density at radius 1 is 0.359 bits per heavy atom. The second-order valence-electron chi connectivity index (χ2n) is 17.6. The Labute approximate surface area is 371 Å². The third-order valence-corrected chi connectivity index (χ3v) is 13.7. The number of para-hydroxylation sites is 1. The minimum absolute atomic E-state index is 0.110. The molecule has 0 aliphatic heterocycles. The molecule has 0 bridgehead atoms. The van der Waals surface area contributed by atoms with E-state index in [-0.39, 0.29) is 5.41 Å². The summed E-state index contributed by atoms with van der Waals surface area (Å²) in [6.07, 6.45) is 0. The van der Waals surface area contributed by atoms with Crippen LogP contribution in [0.1, 0.15) is 25.0 Å². The zero-order valence-electron chi connectivity index (χ0n) is 35.5. The summed E-state index contributed by atoms with van der Waals surface area (Å²) < 4.78 is 12.9. The maximum absolute atomic E-state index is 6.62. The summed E-state index contributed by atoms with van der Waals surface area (Å²) in [5.74, 6) is 0. The molecule has 0 unspecified atom stereocenters. The van der Waals surface area contributed by atoms with Gasteiger partial charge in [-0.15, -0.1) is 0 Å². The molecular formula is C61H41NO2. The van der Waals surface area contributed by atoms with E-state index in [0.717, 1.165) is 88.6 Å². The van der Waals surface area contributed by atoms with Crippen LogP contribution in [-0.2, 0) is 5.41 Å². The number of rotatable bonds is 6. The fraction of sp³-hybridized carbons (Fsp3) is 0.0492. The van der Waals surface area contributed by atoms with Gasteiger partial charge >= 0.3 is 0 Å². The van der Waals surface area contributed by atoms with Crippen molar-refractivity contribution in [3.05, 3.63) is 223 Å². The van der Waals surface area contributed by atoms with E-state index in [1.54, 1.807) is 0 Å². The first-order valence-corrected chi connectivity index (χ1v) is 22.1. The first kappa shape index (κ1) is 36.5. The van der Waals surface area contributed by atoms with Crippen molar-refractivity contribution < 1.29 is 8.83 Å². The number of anilines is 3. The van der Waals surface area contributed by atoms with Gasteiger partial charge in [0.2, 0.25) is 0 Å². The summed E-state index contributed by atoms with van der Waals surface area (Å²) in [6.45, 7) is 4.72. The SMILES string of the molecule is CC1(C)c2ccccc2-c2cccc(-c3ccc(N(c4ccc(-c5ccc6c(c5)oc5ccccc56)cc4)c4cccc(-c5cccc6oc7c8ccccc8ccc7c56)c4)cc3)c21. The van der Waals surface area contributed by atoms with Crippen LogP contribution in [0.25, 0.3) is 99.2 Å². The lowest BCUT2D eigenvalue weighted by Crippen LogP contribution is -2.16. The zero-order chi connectivity index (χ0) is 42.5. The summed E-state index contributed by atoms with van der Waals surface area (Å²) in [7, 11) is 0. The Hall–Kier alpha value is -8.14. The van der Waals surface area contributed by atoms with Crippen molar-refractivity contribution in [1.82, 2.24) is 0 Å². The van der Waals surface area contributed by atoms with E-state index >= 15 is 0 Å². The van der Waals surface area contributed by atoms with E-state index in [4.69, 9.17) is 8.83 Å². The predicted molar refractivity (Wildman–Crippen MR) is 267 cm³/mol. The van der Waals surface area contributed by atoms with Crippen LogP contribution < -0.4 is 4.90 Å². The van der Waals surface area contributed by atoms with Gasteiger partial charge in [0.15, 0.2) is 0 Å². The maximum atomic E-state index is 6.62. The molecule has 0 fully saturated rings. The fourth-order valence-electron chi connectivity index (χ4n) is 10.6. The Kier molecular flexibility index (Phi) is 7.95. The van der Waals surface area contributed by atoms with E-state index in [9.17, 15) is 0 Å². The van der Waals surface area contributed by atoms with E-state index in [1.807, 2.05) is 12.1 Å². The molecule has 1 aliphatic carbocycles. The molecule has 64 heavy (non-hydrogen) atoms. The van der Waals surface area contributed by atoms with Crippen molar-refractivity contribution >= 4 is 71.7 Å². The molecule has 3 heteroatoms. The van der Waals surface area contributed by atoms with Crippen LogP contribution >= 0.6 is 0 Å². The summed E-state index contributed by atoms with van der Waals surface area (Å²) >= 11 is 0. The van der Waals surface area contributed by atoms with Gasteiger partial charge in [-0.05, 0) is 128 Å².